The summed E-state index contributed by atoms with van der Waals surface area (Å²) in [4.78, 5) is 30.9. The standard InChI is InChI=1S/C19H16ClN4O3/c1-2-23-18(25)14-5-3-4-6-15(14)24(19(23)26)11-16-21-17(22-27-16)12-7-9-13(20)10-8-12/h3-10,14H,2,11H2,1H3/q+1. The Hall–Kier alpha value is -3.06. The Morgan fingerprint density at radius 1 is 1.22 bits per heavy atom. The highest BCUT2D eigenvalue weighted by Crippen LogP contribution is 2.22. The number of carbonyl (C=O) groups excluding carboxylic acids is 2. The quantitative estimate of drug-likeness (QED) is 0.758. The second kappa shape index (κ2) is 6.92. The largest absolute Gasteiger partial charge is 0.501 e. The van der Waals surface area contributed by atoms with E-state index in [1.165, 1.54) is 9.48 Å². The van der Waals surface area contributed by atoms with Crippen LogP contribution in [0.15, 0.2) is 53.1 Å². The molecule has 8 heteroatoms. The van der Waals surface area contributed by atoms with E-state index in [4.69, 9.17) is 16.1 Å². The van der Waals surface area contributed by atoms with E-state index in [0.29, 0.717) is 23.1 Å². The zero-order valence-electron chi connectivity index (χ0n) is 14.5. The van der Waals surface area contributed by atoms with Crippen molar-refractivity contribution in [3.05, 3.63) is 59.5 Å². The van der Waals surface area contributed by atoms with Crippen LogP contribution in [0, 0.1) is 5.92 Å². The summed E-state index contributed by atoms with van der Waals surface area (Å²) < 4.78 is 6.84. The molecule has 0 saturated heterocycles. The fourth-order valence-electron chi connectivity index (χ4n) is 3.14. The van der Waals surface area contributed by atoms with Gasteiger partial charge in [-0.3, -0.25) is 0 Å². The molecule has 4 rings (SSSR count). The molecule has 136 valence electrons. The molecule has 27 heavy (non-hydrogen) atoms. The number of carbonyl (C=O) groups is 2. The summed E-state index contributed by atoms with van der Waals surface area (Å²) in [6.07, 6.45) is 7.16. The predicted molar refractivity (Wildman–Crippen MR) is 98.3 cm³/mol. The molecule has 1 aliphatic heterocycles. The third kappa shape index (κ3) is 3.10. The van der Waals surface area contributed by atoms with Crippen LogP contribution >= 0.6 is 11.6 Å². The van der Waals surface area contributed by atoms with E-state index in [0.717, 1.165) is 5.56 Å². The molecule has 0 saturated carbocycles. The van der Waals surface area contributed by atoms with Gasteiger partial charge in [0.25, 0.3) is 5.89 Å². The van der Waals surface area contributed by atoms with Crippen LogP contribution in [0.3, 0.4) is 0 Å². The Morgan fingerprint density at radius 2 is 2.00 bits per heavy atom. The average molecular weight is 384 g/mol. The molecule has 0 N–H and O–H groups in total. The minimum absolute atomic E-state index is 0.0905. The molecule has 0 radical (unpaired) electrons. The number of halogens is 1. The summed E-state index contributed by atoms with van der Waals surface area (Å²) in [6, 6.07) is 6.68. The zero-order chi connectivity index (χ0) is 19.0. The van der Waals surface area contributed by atoms with Crippen LogP contribution in [-0.2, 0) is 11.3 Å². The second-order valence-electron chi connectivity index (χ2n) is 6.12. The Morgan fingerprint density at radius 3 is 2.74 bits per heavy atom. The van der Waals surface area contributed by atoms with Crippen LogP contribution in [0.4, 0.5) is 4.79 Å². The van der Waals surface area contributed by atoms with E-state index in [-0.39, 0.29) is 24.4 Å². The number of amides is 3. The topological polar surface area (TPSA) is 79.3 Å². The lowest BCUT2D eigenvalue weighted by Gasteiger charge is -2.25. The first-order valence-corrected chi connectivity index (χ1v) is 8.89. The minimum Gasteiger partial charge on any atom is -0.335 e. The normalized spacial score (nSPS) is 19.0. The van der Waals surface area contributed by atoms with Gasteiger partial charge in [0, 0.05) is 10.6 Å². The van der Waals surface area contributed by atoms with Crippen LogP contribution in [0.5, 0.6) is 0 Å². The summed E-state index contributed by atoms with van der Waals surface area (Å²) in [5.41, 5.74) is 1.37. The maximum absolute atomic E-state index is 12.8. The molecule has 1 unspecified atom stereocenters. The fourth-order valence-corrected chi connectivity index (χ4v) is 3.26. The van der Waals surface area contributed by atoms with Crippen molar-refractivity contribution in [1.29, 1.82) is 0 Å². The van der Waals surface area contributed by atoms with Gasteiger partial charge in [0.05, 0.1) is 6.54 Å². The molecule has 2 heterocycles. The number of allylic oxidation sites excluding steroid dienone is 3. The van der Waals surface area contributed by atoms with Gasteiger partial charge >= 0.3 is 11.9 Å². The molecule has 2 aliphatic rings. The first-order valence-electron chi connectivity index (χ1n) is 8.51. The minimum atomic E-state index is -0.480. The Bertz CT molecular complexity index is 1000. The second-order valence-corrected chi connectivity index (χ2v) is 6.55. The molecular formula is C19H16ClN4O3+. The van der Waals surface area contributed by atoms with Gasteiger partial charge in [0.1, 0.15) is 11.6 Å². The van der Waals surface area contributed by atoms with Gasteiger partial charge < -0.3 is 4.52 Å². The summed E-state index contributed by atoms with van der Waals surface area (Å²) in [5, 5.41) is 4.59. The van der Waals surface area contributed by atoms with E-state index in [1.807, 2.05) is 0 Å². The lowest BCUT2D eigenvalue weighted by Crippen LogP contribution is -2.53. The summed E-state index contributed by atoms with van der Waals surface area (Å²) in [5.74, 6) is -0.00359. The van der Waals surface area contributed by atoms with Crippen LogP contribution in [-0.4, -0.2) is 43.8 Å². The highest BCUT2D eigenvalue weighted by atomic mass is 35.5. The summed E-state index contributed by atoms with van der Waals surface area (Å²) in [7, 11) is 0. The van der Waals surface area contributed by atoms with Crippen molar-refractivity contribution in [2.75, 3.05) is 6.54 Å². The maximum atomic E-state index is 12.8. The number of nitrogens with zero attached hydrogens (tertiary/aromatic N) is 4. The molecule has 3 amide bonds. The lowest BCUT2D eigenvalue weighted by molar-refractivity contribution is -0.460. The van der Waals surface area contributed by atoms with Gasteiger partial charge in [0.2, 0.25) is 5.82 Å². The van der Waals surface area contributed by atoms with Crippen LogP contribution < -0.4 is 0 Å². The van der Waals surface area contributed by atoms with Crippen LogP contribution in [0.1, 0.15) is 12.8 Å². The molecule has 1 aliphatic carbocycles. The number of rotatable bonds is 4. The van der Waals surface area contributed by atoms with Crippen LogP contribution in [0.25, 0.3) is 11.4 Å². The number of urea groups is 1. The van der Waals surface area contributed by atoms with Gasteiger partial charge in [-0.25, -0.2) is 4.79 Å². The molecule has 7 nitrogen and oxygen atoms in total. The SMILES string of the molecule is CCN1C(=O)C2C=CC=CC2=[N+](Cc2nc(-c3ccc(Cl)cc3)no2)C1=O. The fraction of sp³-hybridized carbons (Fsp3) is 0.211. The van der Waals surface area contributed by atoms with E-state index in [2.05, 4.69) is 10.1 Å². The van der Waals surface area contributed by atoms with Crippen molar-refractivity contribution < 1.29 is 18.7 Å². The molecule has 2 aromatic rings. The Balaban J connectivity index is 1.67. The van der Waals surface area contributed by atoms with E-state index in [9.17, 15) is 9.59 Å². The van der Waals surface area contributed by atoms with Gasteiger partial charge in [-0.05, 0) is 37.3 Å². The highest BCUT2D eigenvalue weighted by Gasteiger charge is 2.46. The number of benzene rings is 1. The zero-order valence-corrected chi connectivity index (χ0v) is 15.3. The average Bonchev–Trinajstić information content (AvgIpc) is 3.15. The Kier molecular flexibility index (Phi) is 4.45. The van der Waals surface area contributed by atoms with Crippen molar-refractivity contribution in [3.63, 3.8) is 0 Å². The Labute approximate surface area is 160 Å². The lowest BCUT2D eigenvalue weighted by atomic mass is 9.94. The van der Waals surface area contributed by atoms with E-state index in [1.54, 1.807) is 55.5 Å². The van der Waals surface area contributed by atoms with E-state index < -0.39 is 5.92 Å². The predicted octanol–water partition coefficient (Wildman–Crippen LogP) is 3.07. The van der Waals surface area contributed by atoms with Gasteiger partial charge in [0.15, 0.2) is 6.54 Å². The third-order valence-electron chi connectivity index (χ3n) is 4.49. The van der Waals surface area contributed by atoms with Crippen molar-refractivity contribution in [3.8, 4) is 11.4 Å². The first-order chi connectivity index (χ1) is 13.1. The van der Waals surface area contributed by atoms with Crippen molar-refractivity contribution >= 4 is 29.3 Å². The number of aromatic nitrogens is 2. The molecule has 1 atom stereocenters. The number of fused-ring (bicyclic) bond motifs is 1. The molecule has 0 bridgehead atoms. The van der Waals surface area contributed by atoms with Gasteiger partial charge in [-0.15, -0.1) is 0 Å². The molecule has 1 aromatic heterocycles. The van der Waals surface area contributed by atoms with Crippen molar-refractivity contribution in [2.45, 2.75) is 13.5 Å². The molecular weight excluding hydrogens is 368 g/mol. The molecule has 0 fully saturated rings. The molecule has 1 aromatic carbocycles. The monoisotopic (exact) mass is 383 g/mol. The first kappa shape index (κ1) is 17.4. The number of imide groups is 1. The number of hydrogen-bond acceptors (Lipinski definition) is 5. The highest BCUT2D eigenvalue weighted by molar-refractivity contribution is 6.30. The summed E-state index contributed by atoms with van der Waals surface area (Å²) in [6.45, 7) is 2.16. The smallest absolute Gasteiger partial charge is 0.335 e. The van der Waals surface area contributed by atoms with Crippen molar-refractivity contribution in [1.82, 2.24) is 15.0 Å². The third-order valence-corrected chi connectivity index (χ3v) is 4.74. The van der Waals surface area contributed by atoms with E-state index >= 15 is 0 Å². The van der Waals surface area contributed by atoms with Gasteiger partial charge in [-0.1, -0.05) is 35.0 Å². The van der Waals surface area contributed by atoms with Gasteiger partial charge in [-0.2, -0.15) is 19.3 Å². The number of hydrogen-bond donors (Lipinski definition) is 0. The van der Waals surface area contributed by atoms with Crippen LogP contribution in [0.2, 0.25) is 5.02 Å². The molecule has 0 spiro atoms. The van der Waals surface area contributed by atoms with Crippen molar-refractivity contribution in [2.24, 2.45) is 5.92 Å². The summed E-state index contributed by atoms with van der Waals surface area (Å²) >= 11 is 5.90. The maximum Gasteiger partial charge on any atom is 0.501 e.